The Labute approximate surface area is 159 Å². The smallest absolute Gasteiger partial charge is 0.253 e. The lowest BCUT2D eigenvalue weighted by molar-refractivity contribution is 0.0950. The second-order valence-electron chi connectivity index (χ2n) is 6.81. The zero-order valence-corrected chi connectivity index (χ0v) is 15.4. The summed E-state index contributed by atoms with van der Waals surface area (Å²) in [5.41, 5.74) is 5.09. The lowest BCUT2D eigenvalue weighted by Crippen LogP contribution is -2.32. The number of aromatic nitrogens is 2. The molecule has 1 amide bonds. The zero-order chi connectivity index (χ0) is 18.6. The second kappa shape index (κ2) is 7.58. The van der Waals surface area contributed by atoms with Gasteiger partial charge in [0.2, 0.25) is 0 Å². The van der Waals surface area contributed by atoms with Crippen LogP contribution < -0.4 is 10.2 Å². The molecular formula is C22H22N4O. The number of rotatable bonds is 4. The van der Waals surface area contributed by atoms with E-state index in [1.807, 2.05) is 55.6 Å². The van der Waals surface area contributed by atoms with Crippen molar-refractivity contribution >= 4 is 11.7 Å². The van der Waals surface area contributed by atoms with E-state index in [2.05, 4.69) is 26.3 Å². The summed E-state index contributed by atoms with van der Waals surface area (Å²) in [4.78, 5) is 23.8. The van der Waals surface area contributed by atoms with Crippen molar-refractivity contribution in [3.8, 4) is 0 Å². The van der Waals surface area contributed by atoms with Crippen molar-refractivity contribution in [2.45, 2.75) is 26.4 Å². The maximum absolute atomic E-state index is 12.4. The molecule has 136 valence electrons. The van der Waals surface area contributed by atoms with E-state index in [4.69, 9.17) is 0 Å². The molecule has 0 bridgehead atoms. The first-order valence-corrected chi connectivity index (χ1v) is 9.17. The number of benzene rings is 1. The fourth-order valence-corrected chi connectivity index (χ4v) is 3.45. The molecule has 0 unspecified atom stereocenters. The van der Waals surface area contributed by atoms with Crippen LogP contribution in [0.5, 0.6) is 0 Å². The Morgan fingerprint density at radius 3 is 2.81 bits per heavy atom. The first kappa shape index (κ1) is 17.2. The number of amides is 1. The Hall–Kier alpha value is -3.21. The maximum Gasteiger partial charge on any atom is 0.253 e. The van der Waals surface area contributed by atoms with E-state index in [-0.39, 0.29) is 5.91 Å². The minimum Gasteiger partial charge on any atom is -0.352 e. The highest BCUT2D eigenvalue weighted by Gasteiger charge is 2.20. The van der Waals surface area contributed by atoms with E-state index in [1.165, 1.54) is 11.3 Å². The molecule has 3 aromatic rings. The summed E-state index contributed by atoms with van der Waals surface area (Å²) in [6.45, 7) is 4.21. The standard InChI is InChI=1S/C22H22N4O/c1-16-12-19(22(27)25-13-17-6-3-2-4-7-17)14-24-21(16)26-11-9-20-18(15-26)8-5-10-23-20/h2-8,10,12,14H,9,11,13,15H2,1H3,(H,25,27). The van der Waals surface area contributed by atoms with Gasteiger partial charge in [-0.3, -0.25) is 9.78 Å². The number of carbonyl (C=O) groups excluding carboxylic acids is 1. The molecule has 5 heteroatoms. The predicted molar refractivity (Wildman–Crippen MR) is 106 cm³/mol. The number of hydrogen-bond donors (Lipinski definition) is 1. The molecule has 0 atom stereocenters. The molecule has 27 heavy (non-hydrogen) atoms. The van der Waals surface area contributed by atoms with Crippen molar-refractivity contribution in [3.63, 3.8) is 0 Å². The summed E-state index contributed by atoms with van der Waals surface area (Å²) < 4.78 is 0. The summed E-state index contributed by atoms with van der Waals surface area (Å²) in [7, 11) is 0. The molecule has 0 saturated heterocycles. The summed E-state index contributed by atoms with van der Waals surface area (Å²) in [5, 5.41) is 2.95. The number of carbonyl (C=O) groups is 1. The quantitative estimate of drug-likeness (QED) is 0.778. The second-order valence-corrected chi connectivity index (χ2v) is 6.81. The van der Waals surface area contributed by atoms with E-state index in [0.29, 0.717) is 12.1 Å². The molecule has 1 N–H and O–H groups in total. The molecule has 4 rings (SSSR count). The van der Waals surface area contributed by atoms with Crippen molar-refractivity contribution < 1.29 is 4.79 Å². The Kier molecular flexibility index (Phi) is 4.83. The van der Waals surface area contributed by atoms with Crippen LogP contribution in [-0.2, 0) is 19.5 Å². The van der Waals surface area contributed by atoms with Crippen molar-refractivity contribution in [2.75, 3.05) is 11.4 Å². The fourth-order valence-electron chi connectivity index (χ4n) is 3.45. The molecule has 0 fully saturated rings. The van der Waals surface area contributed by atoms with Gasteiger partial charge in [-0.1, -0.05) is 36.4 Å². The highest BCUT2D eigenvalue weighted by molar-refractivity contribution is 5.94. The Balaban J connectivity index is 1.46. The summed E-state index contributed by atoms with van der Waals surface area (Å²) in [5.74, 6) is 0.832. The lowest BCUT2D eigenvalue weighted by atomic mass is 10.0. The van der Waals surface area contributed by atoms with E-state index < -0.39 is 0 Å². The molecule has 3 heterocycles. The molecule has 1 aliphatic rings. The van der Waals surface area contributed by atoms with Gasteiger partial charge in [-0.25, -0.2) is 4.98 Å². The first-order chi connectivity index (χ1) is 13.2. The highest BCUT2D eigenvalue weighted by Crippen LogP contribution is 2.24. The molecule has 2 aromatic heterocycles. The van der Waals surface area contributed by atoms with Gasteiger partial charge in [-0.05, 0) is 35.7 Å². The number of anilines is 1. The first-order valence-electron chi connectivity index (χ1n) is 9.17. The number of pyridine rings is 2. The van der Waals surface area contributed by atoms with Crippen LogP contribution in [0.1, 0.15) is 32.7 Å². The Bertz CT molecular complexity index is 956. The topological polar surface area (TPSA) is 58.1 Å². The average molecular weight is 358 g/mol. The minimum atomic E-state index is -0.103. The number of aryl methyl sites for hydroxylation is 1. The number of hydrogen-bond acceptors (Lipinski definition) is 4. The predicted octanol–water partition coefficient (Wildman–Crippen LogP) is 3.28. The van der Waals surface area contributed by atoms with Crippen LogP contribution in [-0.4, -0.2) is 22.4 Å². The number of nitrogens with zero attached hydrogens (tertiary/aromatic N) is 3. The molecule has 0 aliphatic carbocycles. The molecule has 0 spiro atoms. The highest BCUT2D eigenvalue weighted by atomic mass is 16.1. The van der Waals surface area contributed by atoms with E-state index in [9.17, 15) is 4.79 Å². The van der Waals surface area contributed by atoms with Crippen molar-refractivity contribution in [1.82, 2.24) is 15.3 Å². The molecule has 5 nitrogen and oxygen atoms in total. The third-order valence-electron chi connectivity index (χ3n) is 4.87. The van der Waals surface area contributed by atoms with E-state index >= 15 is 0 Å². The lowest BCUT2D eigenvalue weighted by Gasteiger charge is -2.30. The maximum atomic E-state index is 12.4. The SMILES string of the molecule is Cc1cc(C(=O)NCc2ccccc2)cnc1N1CCc2ncccc2C1. The fraction of sp³-hybridized carbons (Fsp3) is 0.227. The molecule has 0 radical (unpaired) electrons. The van der Waals surface area contributed by atoms with Crippen molar-refractivity contribution in [3.05, 3.63) is 88.9 Å². The van der Waals surface area contributed by atoms with Crippen LogP contribution >= 0.6 is 0 Å². The normalized spacial score (nSPS) is 13.1. The van der Waals surface area contributed by atoms with Gasteiger partial charge in [-0.15, -0.1) is 0 Å². The van der Waals surface area contributed by atoms with Gasteiger partial charge in [-0.2, -0.15) is 0 Å². The summed E-state index contributed by atoms with van der Waals surface area (Å²) >= 11 is 0. The molecule has 1 aliphatic heterocycles. The van der Waals surface area contributed by atoms with Crippen LogP contribution in [0.3, 0.4) is 0 Å². The monoisotopic (exact) mass is 358 g/mol. The third kappa shape index (κ3) is 3.82. The van der Waals surface area contributed by atoms with Crippen LogP contribution in [0.2, 0.25) is 0 Å². The van der Waals surface area contributed by atoms with Crippen LogP contribution in [0, 0.1) is 6.92 Å². The van der Waals surface area contributed by atoms with Gasteiger partial charge in [0, 0.05) is 44.1 Å². The Morgan fingerprint density at radius 2 is 2.00 bits per heavy atom. The summed E-state index contributed by atoms with van der Waals surface area (Å²) in [6, 6.07) is 15.9. The summed E-state index contributed by atoms with van der Waals surface area (Å²) in [6.07, 6.45) is 4.43. The van der Waals surface area contributed by atoms with E-state index in [1.54, 1.807) is 6.20 Å². The minimum absolute atomic E-state index is 0.103. The number of fused-ring (bicyclic) bond motifs is 1. The van der Waals surface area contributed by atoms with Gasteiger partial charge in [0.25, 0.3) is 5.91 Å². The van der Waals surface area contributed by atoms with Gasteiger partial charge in [0.1, 0.15) is 5.82 Å². The van der Waals surface area contributed by atoms with Crippen LogP contribution in [0.15, 0.2) is 60.9 Å². The molecule has 1 aromatic carbocycles. The third-order valence-corrected chi connectivity index (χ3v) is 4.87. The van der Waals surface area contributed by atoms with Crippen molar-refractivity contribution in [2.24, 2.45) is 0 Å². The van der Waals surface area contributed by atoms with Gasteiger partial charge in [0.15, 0.2) is 0 Å². The van der Waals surface area contributed by atoms with Gasteiger partial charge in [0.05, 0.1) is 5.56 Å². The van der Waals surface area contributed by atoms with Crippen molar-refractivity contribution in [1.29, 1.82) is 0 Å². The van der Waals surface area contributed by atoms with Crippen LogP contribution in [0.25, 0.3) is 0 Å². The van der Waals surface area contributed by atoms with Crippen LogP contribution in [0.4, 0.5) is 5.82 Å². The number of nitrogens with one attached hydrogen (secondary N) is 1. The Morgan fingerprint density at radius 1 is 1.15 bits per heavy atom. The largest absolute Gasteiger partial charge is 0.352 e. The van der Waals surface area contributed by atoms with Gasteiger partial charge >= 0.3 is 0 Å². The van der Waals surface area contributed by atoms with E-state index in [0.717, 1.165) is 36.5 Å². The average Bonchev–Trinajstić information content (AvgIpc) is 2.72. The molecular weight excluding hydrogens is 336 g/mol. The molecule has 0 saturated carbocycles. The zero-order valence-electron chi connectivity index (χ0n) is 15.4. The van der Waals surface area contributed by atoms with Gasteiger partial charge < -0.3 is 10.2 Å².